The predicted molar refractivity (Wildman–Crippen MR) is 78.8 cm³/mol. The first kappa shape index (κ1) is 12.2. The first-order valence-corrected chi connectivity index (χ1v) is 7.70. The molecule has 4 nitrogen and oxygen atoms in total. The number of rotatable bonds is 2. The maximum atomic E-state index is 12.6. The molecule has 4 heteroatoms. The Morgan fingerprint density at radius 3 is 3.10 bits per heavy atom. The van der Waals surface area contributed by atoms with Crippen molar-refractivity contribution in [2.45, 2.75) is 37.3 Å². The normalized spacial score (nSPS) is 31.7. The quantitative estimate of drug-likeness (QED) is 0.858. The molecule has 106 valence electrons. The fourth-order valence-corrected chi connectivity index (χ4v) is 4.05. The fraction of sp³-hybridized carbons (Fsp3) is 0.562. The van der Waals surface area contributed by atoms with Crippen molar-refractivity contribution in [2.24, 2.45) is 0 Å². The van der Waals surface area contributed by atoms with Crippen LogP contribution >= 0.6 is 0 Å². The van der Waals surface area contributed by atoms with Crippen LogP contribution < -0.4 is 10.6 Å². The molecule has 3 atom stereocenters. The largest absolute Gasteiger partial charge is 0.384 e. The summed E-state index contributed by atoms with van der Waals surface area (Å²) in [5.74, 6) is 0.169. The van der Waals surface area contributed by atoms with Crippen LogP contribution in [-0.2, 0) is 4.79 Å². The Bertz CT molecular complexity index is 530. The van der Waals surface area contributed by atoms with Gasteiger partial charge in [-0.2, -0.15) is 0 Å². The van der Waals surface area contributed by atoms with Crippen molar-refractivity contribution in [2.75, 3.05) is 25.0 Å². The molecule has 2 saturated heterocycles. The van der Waals surface area contributed by atoms with Crippen molar-refractivity contribution < 1.29 is 4.79 Å². The maximum Gasteiger partial charge on any atom is 0.229 e. The topological polar surface area (TPSA) is 44.4 Å². The van der Waals surface area contributed by atoms with Gasteiger partial charge in [0.15, 0.2) is 0 Å². The molecule has 3 aliphatic rings. The summed E-state index contributed by atoms with van der Waals surface area (Å²) in [4.78, 5) is 15.1. The lowest BCUT2D eigenvalue weighted by Gasteiger charge is -2.22. The first-order chi connectivity index (χ1) is 9.83. The summed E-state index contributed by atoms with van der Waals surface area (Å²) in [6, 6.07) is 9.09. The van der Waals surface area contributed by atoms with Gasteiger partial charge in [0.2, 0.25) is 5.91 Å². The number of hydrogen-bond acceptors (Lipinski definition) is 3. The molecule has 3 unspecified atom stereocenters. The van der Waals surface area contributed by atoms with Gasteiger partial charge in [-0.3, -0.25) is 9.69 Å². The van der Waals surface area contributed by atoms with Gasteiger partial charge >= 0.3 is 0 Å². The number of carbonyl (C=O) groups excluding carboxylic acids is 1. The number of fused-ring (bicyclic) bond motifs is 2. The van der Waals surface area contributed by atoms with Crippen molar-refractivity contribution in [3.8, 4) is 0 Å². The lowest BCUT2D eigenvalue weighted by atomic mass is 9.99. The molecular formula is C16H21N3O. The average Bonchev–Trinajstić information content (AvgIpc) is 3.14. The lowest BCUT2D eigenvalue weighted by molar-refractivity contribution is -0.123. The minimum absolute atomic E-state index is 0.0262. The van der Waals surface area contributed by atoms with Gasteiger partial charge in [-0.1, -0.05) is 18.2 Å². The van der Waals surface area contributed by atoms with Crippen LogP contribution in [0.15, 0.2) is 24.3 Å². The van der Waals surface area contributed by atoms with Crippen molar-refractivity contribution in [1.29, 1.82) is 0 Å². The molecule has 0 spiro atoms. The maximum absolute atomic E-state index is 12.6. The lowest BCUT2D eigenvalue weighted by Crippen LogP contribution is -2.44. The average molecular weight is 271 g/mol. The summed E-state index contributed by atoms with van der Waals surface area (Å²) in [7, 11) is 0. The molecule has 0 aliphatic carbocycles. The number of nitrogens with zero attached hydrogens (tertiary/aromatic N) is 1. The molecule has 3 aliphatic heterocycles. The zero-order valence-corrected chi connectivity index (χ0v) is 11.6. The van der Waals surface area contributed by atoms with Crippen molar-refractivity contribution in [3.63, 3.8) is 0 Å². The van der Waals surface area contributed by atoms with Gasteiger partial charge in [-0.05, 0) is 37.4 Å². The molecule has 20 heavy (non-hydrogen) atoms. The molecule has 0 aromatic heterocycles. The zero-order valence-electron chi connectivity index (χ0n) is 11.6. The minimum atomic E-state index is -0.0262. The van der Waals surface area contributed by atoms with Crippen LogP contribution in [0.5, 0.6) is 0 Å². The van der Waals surface area contributed by atoms with Gasteiger partial charge in [0, 0.05) is 30.9 Å². The molecule has 0 saturated carbocycles. The monoisotopic (exact) mass is 271 g/mol. The van der Waals surface area contributed by atoms with Crippen LogP contribution in [0.4, 0.5) is 5.69 Å². The molecule has 0 bridgehead atoms. The standard InChI is InChI=1S/C16H21N3O/c20-16(12-10-17-13-5-2-1-4-11(12)13)18-14-7-9-19-8-3-6-15(14)19/h1-2,4-5,12,14-15,17H,3,6-10H2,(H,18,20). The van der Waals surface area contributed by atoms with Gasteiger partial charge in [0.25, 0.3) is 0 Å². The van der Waals surface area contributed by atoms with E-state index < -0.39 is 0 Å². The molecular weight excluding hydrogens is 250 g/mol. The summed E-state index contributed by atoms with van der Waals surface area (Å²) in [6.45, 7) is 3.09. The predicted octanol–water partition coefficient (Wildman–Crippen LogP) is 1.55. The summed E-state index contributed by atoms with van der Waals surface area (Å²) >= 11 is 0. The highest BCUT2D eigenvalue weighted by Crippen LogP contribution is 2.32. The van der Waals surface area contributed by atoms with Crippen molar-refractivity contribution in [1.82, 2.24) is 10.2 Å². The van der Waals surface area contributed by atoms with Gasteiger partial charge in [-0.15, -0.1) is 0 Å². The van der Waals surface area contributed by atoms with E-state index >= 15 is 0 Å². The number of benzene rings is 1. The molecule has 4 rings (SSSR count). The second-order valence-electron chi connectivity index (χ2n) is 6.17. The summed E-state index contributed by atoms with van der Waals surface area (Å²) in [6.07, 6.45) is 3.63. The minimum Gasteiger partial charge on any atom is -0.384 e. The van der Waals surface area contributed by atoms with Crippen LogP contribution in [-0.4, -0.2) is 42.5 Å². The third-order valence-electron chi connectivity index (χ3n) is 5.08. The highest BCUT2D eigenvalue weighted by Gasteiger charge is 2.39. The van der Waals surface area contributed by atoms with Crippen molar-refractivity contribution >= 4 is 11.6 Å². The first-order valence-electron chi connectivity index (χ1n) is 7.70. The number of amides is 1. The van der Waals surface area contributed by atoms with E-state index in [0.29, 0.717) is 12.1 Å². The Hall–Kier alpha value is -1.55. The molecule has 1 amide bonds. The van der Waals surface area contributed by atoms with Gasteiger partial charge in [0.1, 0.15) is 0 Å². The van der Waals surface area contributed by atoms with E-state index in [1.54, 1.807) is 0 Å². The second kappa shape index (κ2) is 4.77. The third-order valence-corrected chi connectivity index (χ3v) is 5.08. The summed E-state index contributed by atoms with van der Waals surface area (Å²) < 4.78 is 0. The van der Waals surface area contributed by atoms with Gasteiger partial charge in [-0.25, -0.2) is 0 Å². The molecule has 0 radical (unpaired) electrons. The fourth-order valence-electron chi connectivity index (χ4n) is 4.05. The van der Waals surface area contributed by atoms with Crippen LogP contribution in [0, 0.1) is 0 Å². The Labute approximate surface area is 119 Å². The van der Waals surface area contributed by atoms with E-state index in [1.165, 1.54) is 19.4 Å². The van der Waals surface area contributed by atoms with Gasteiger partial charge in [0.05, 0.1) is 5.92 Å². The van der Waals surface area contributed by atoms with E-state index in [0.717, 1.165) is 30.8 Å². The van der Waals surface area contributed by atoms with Crippen LogP contribution in [0.1, 0.15) is 30.7 Å². The number of hydrogen-bond donors (Lipinski definition) is 2. The van der Waals surface area contributed by atoms with Crippen molar-refractivity contribution in [3.05, 3.63) is 29.8 Å². The summed E-state index contributed by atoms with van der Waals surface area (Å²) in [5.41, 5.74) is 2.26. The van der Waals surface area contributed by atoms with E-state index in [4.69, 9.17) is 0 Å². The Kier molecular flexibility index (Phi) is 2.91. The number of para-hydroxylation sites is 1. The Balaban J connectivity index is 1.46. The van der Waals surface area contributed by atoms with Crippen LogP contribution in [0.3, 0.4) is 0 Å². The Morgan fingerprint density at radius 2 is 2.15 bits per heavy atom. The molecule has 3 heterocycles. The zero-order chi connectivity index (χ0) is 13.5. The van der Waals surface area contributed by atoms with E-state index in [9.17, 15) is 4.79 Å². The smallest absolute Gasteiger partial charge is 0.229 e. The highest BCUT2D eigenvalue weighted by atomic mass is 16.2. The number of anilines is 1. The second-order valence-corrected chi connectivity index (χ2v) is 6.17. The van der Waals surface area contributed by atoms with E-state index in [1.807, 2.05) is 12.1 Å². The SMILES string of the molecule is O=C(NC1CCN2CCCC12)C1CNc2ccccc21. The number of carbonyl (C=O) groups is 1. The van der Waals surface area contributed by atoms with Gasteiger partial charge < -0.3 is 10.6 Å². The van der Waals surface area contributed by atoms with E-state index in [-0.39, 0.29) is 11.8 Å². The number of nitrogens with one attached hydrogen (secondary N) is 2. The molecule has 2 N–H and O–H groups in total. The van der Waals surface area contributed by atoms with Crippen LogP contribution in [0.2, 0.25) is 0 Å². The highest BCUT2D eigenvalue weighted by molar-refractivity contribution is 5.88. The van der Waals surface area contributed by atoms with Crippen LogP contribution in [0.25, 0.3) is 0 Å². The summed E-state index contributed by atoms with van der Waals surface area (Å²) in [5, 5.41) is 6.64. The third kappa shape index (κ3) is 1.90. The Morgan fingerprint density at radius 1 is 1.25 bits per heavy atom. The molecule has 1 aromatic rings. The molecule has 1 aromatic carbocycles. The van der Waals surface area contributed by atoms with E-state index in [2.05, 4.69) is 27.7 Å². The molecule has 2 fully saturated rings.